The minimum Gasteiger partial charge on any atom is -0.493 e. The third-order valence-corrected chi connectivity index (χ3v) is 4.76. The molecule has 0 fully saturated rings. The van der Waals surface area contributed by atoms with Crippen molar-refractivity contribution < 1.29 is 13.9 Å². The lowest BCUT2D eigenvalue weighted by Crippen LogP contribution is -2.16. The van der Waals surface area contributed by atoms with E-state index in [4.69, 9.17) is 37.1 Å². The predicted molar refractivity (Wildman–Crippen MR) is 116 cm³/mol. The van der Waals surface area contributed by atoms with Crippen LogP contribution in [0, 0.1) is 0 Å². The lowest BCUT2D eigenvalue weighted by Gasteiger charge is -2.09. The zero-order chi connectivity index (χ0) is 19.2. The second-order valence-electron chi connectivity index (χ2n) is 6.01. The van der Waals surface area contributed by atoms with Crippen LogP contribution >= 0.6 is 35.6 Å². The quantitative estimate of drug-likeness (QED) is 0.433. The number of benzene rings is 2. The second kappa shape index (κ2) is 10.6. The smallest absolute Gasteiger partial charge is 0.160 e. The van der Waals surface area contributed by atoms with Gasteiger partial charge in [-0.1, -0.05) is 29.3 Å². The summed E-state index contributed by atoms with van der Waals surface area (Å²) < 4.78 is 16.5. The largest absolute Gasteiger partial charge is 0.493 e. The van der Waals surface area contributed by atoms with Crippen LogP contribution in [-0.4, -0.2) is 20.8 Å². The number of methoxy groups -OCH3 is 2. The number of halogens is 3. The van der Waals surface area contributed by atoms with E-state index in [0.717, 1.165) is 35.8 Å². The Hall–Kier alpha value is -1.85. The molecule has 0 spiro atoms. The Kier molecular flexibility index (Phi) is 8.52. The maximum Gasteiger partial charge on any atom is 0.160 e. The fourth-order valence-corrected chi connectivity index (χ4v) is 3.17. The van der Waals surface area contributed by atoms with E-state index < -0.39 is 0 Å². The van der Waals surface area contributed by atoms with Crippen LogP contribution in [0.5, 0.6) is 11.5 Å². The van der Waals surface area contributed by atoms with Crippen molar-refractivity contribution in [2.45, 2.75) is 13.0 Å². The second-order valence-corrected chi connectivity index (χ2v) is 6.85. The molecule has 3 aromatic rings. The molecule has 7 heteroatoms. The average Bonchev–Trinajstić information content (AvgIpc) is 3.15. The van der Waals surface area contributed by atoms with Gasteiger partial charge in [-0.15, -0.1) is 12.4 Å². The summed E-state index contributed by atoms with van der Waals surface area (Å²) in [5.74, 6) is 3.02. The van der Waals surface area contributed by atoms with Crippen LogP contribution in [-0.2, 0) is 13.0 Å². The van der Waals surface area contributed by atoms with E-state index >= 15 is 0 Å². The monoisotopic (exact) mass is 441 g/mol. The van der Waals surface area contributed by atoms with Gasteiger partial charge in [0.2, 0.25) is 0 Å². The van der Waals surface area contributed by atoms with Gasteiger partial charge in [-0.25, -0.2) is 0 Å². The van der Waals surface area contributed by atoms with Gasteiger partial charge in [-0.2, -0.15) is 0 Å². The van der Waals surface area contributed by atoms with Crippen molar-refractivity contribution >= 4 is 35.6 Å². The van der Waals surface area contributed by atoms with E-state index in [1.54, 1.807) is 32.4 Å². The molecule has 0 saturated carbocycles. The van der Waals surface area contributed by atoms with E-state index in [-0.39, 0.29) is 12.4 Å². The number of rotatable bonds is 8. The summed E-state index contributed by atoms with van der Waals surface area (Å²) in [6, 6.07) is 15.1. The fourth-order valence-electron chi connectivity index (χ4n) is 2.78. The molecular formula is C21H22Cl3NO3. The molecule has 3 rings (SSSR count). The van der Waals surface area contributed by atoms with E-state index in [1.807, 2.05) is 30.3 Å². The third kappa shape index (κ3) is 5.58. The van der Waals surface area contributed by atoms with Crippen LogP contribution < -0.4 is 14.8 Å². The van der Waals surface area contributed by atoms with Gasteiger partial charge in [0.25, 0.3) is 0 Å². The standard InChI is InChI=1S/C21H21Cl2NO3.ClH/c1-25-20-7-3-14(11-21(20)26-2)9-10-24-13-16-5-8-19(27-16)17-12-15(22)4-6-18(17)23;/h3-8,11-12,24H,9-10,13H2,1-2H3;1H. The first kappa shape index (κ1) is 22.4. The highest BCUT2D eigenvalue weighted by molar-refractivity contribution is 6.35. The summed E-state index contributed by atoms with van der Waals surface area (Å²) >= 11 is 12.3. The summed E-state index contributed by atoms with van der Waals surface area (Å²) in [5.41, 5.74) is 1.96. The lowest BCUT2D eigenvalue weighted by molar-refractivity contribution is 0.354. The average molecular weight is 443 g/mol. The summed E-state index contributed by atoms with van der Waals surface area (Å²) in [5, 5.41) is 4.62. The molecule has 1 aromatic heterocycles. The molecule has 0 aliphatic rings. The molecule has 1 heterocycles. The molecule has 28 heavy (non-hydrogen) atoms. The van der Waals surface area contributed by atoms with Gasteiger partial charge < -0.3 is 19.2 Å². The van der Waals surface area contributed by atoms with Gasteiger partial charge in [0, 0.05) is 10.6 Å². The Bertz CT molecular complexity index is 912. The molecular weight excluding hydrogens is 421 g/mol. The highest BCUT2D eigenvalue weighted by atomic mass is 35.5. The molecule has 0 bridgehead atoms. The van der Waals surface area contributed by atoms with E-state index in [2.05, 4.69) is 5.32 Å². The Morgan fingerprint density at radius 2 is 1.71 bits per heavy atom. The molecule has 150 valence electrons. The summed E-state index contributed by atoms with van der Waals surface area (Å²) in [6.45, 7) is 1.44. The van der Waals surface area contributed by atoms with Gasteiger partial charge in [-0.05, 0) is 61.0 Å². The van der Waals surface area contributed by atoms with Gasteiger partial charge >= 0.3 is 0 Å². The first-order valence-electron chi connectivity index (χ1n) is 8.56. The van der Waals surface area contributed by atoms with E-state index in [9.17, 15) is 0 Å². The van der Waals surface area contributed by atoms with Gasteiger partial charge in [0.15, 0.2) is 11.5 Å². The van der Waals surface area contributed by atoms with Crippen molar-refractivity contribution in [1.82, 2.24) is 5.32 Å². The van der Waals surface area contributed by atoms with Gasteiger partial charge in [-0.3, -0.25) is 0 Å². The molecule has 0 saturated heterocycles. The highest BCUT2D eigenvalue weighted by Crippen LogP contribution is 2.32. The normalized spacial score (nSPS) is 10.4. The molecule has 1 N–H and O–H groups in total. The molecule has 0 aliphatic heterocycles. The highest BCUT2D eigenvalue weighted by Gasteiger charge is 2.10. The number of furan rings is 1. The van der Waals surface area contributed by atoms with E-state index in [1.165, 1.54) is 5.56 Å². The Labute approximate surface area is 181 Å². The number of hydrogen-bond acceptors (Lipinski definition) is 4. The SMILES string of the molecule is COc1ccc(CCNCc2ccc(-c3cc(Cl)ccc3Cl)o2)cc1OC.Cl. The zero-order valence-corrected chi connectivity index (χ0v) is 18.0. The van der Waals surface area contributed by atoms with Crippen molar-refractivity contribution in [2.75, 3.05) is 20.8 Å². The lowest BCUT2D eigenvalue weighted by atomic mass is 10.1. The maximum absolute atomic E-state index is 6.23. The fraction of sp³-hybridized carbons (Fsp3) is 0.238. The van der Waals surface area contributed by atoms with Crippen LogP contribution in [0.2, 0.25) is 10.0 Å². The van der Waals surface area contributed by atoms with Crippen molar-refractivity contribution in [3.8, 4) is 22.8 Å². The topological polar surface area (TPSA) is 43.6 Å². The number of ether oxygens (including phenoxy) is 2. The Morgan fingerprint density at radius 1 is 0.929 bits per heavy atom. The van der Waals surface area contributed by atoms with Crippen LogP contribution in [0.15, 0.2) is 52.9 Å². The molecule has 0 atom stereocenters. The molecule has 2 aromatic carbocycles. The molecule has 4 nitrogen and oxygen atoms in total. The zero-order valence-electron chi connectivity index (χ0n) is 15.6. The summed E-state index contributed by atoms with van der Waals surface area (Å²) in [6.07, 6.45) is 0.869. The predicted octanol–water partition coefficient (Wildman–Crippen LogP) is 6.02. The molecule has 0 radical (unpaired) electrons. The summed E-state index contributed by atoms with van der Waals surface area (Å²) in [4.78, 5) is 0. The first-order valence-corrected chi connectivity index (χ1v) is 9.32. The summed E-state index contributed by atoms with van der Waals surface area (Å²) in [7, 11) is 3.27. The van der Waals surface area contributed by atoms with Crippen molar-refractivity contribution in [3.63, 3.8) is 0 Å². The van der Waals surface area contributed by atoms with Gasteiger partial charge in [0.05, 0.1) is 25.8 Å². The van der Waals surface area contributed by atoms with Crippen LogP contribution in [0.25, 0.3) is 11.3 Å². The Morgan fingerprint density at radius 3 is 2.46 bits per heavy atom. The molecule has 0 unspecified atom stereocenters. The maximum atomic E-state index is 6.23. The van der Waals surface area contributed by atoms with Crippen molar-refractivity contribution in [2.24, 2.45) is 0 Å². The third-order valence-electron chi connectivity index (χ3n) is 4.19. The van der Waals surface area contributed by atoms with E-state index in [0.29, 0.717) is 22.4 Å². The molecule has 0 amide bonds. The Balaban J connectivity index is 0.00000280. The number of hydrogen-bond donors (Lipinski definition) is 1. The minimum absolute atomic E-state index is 0. The molecule has 0 aliphatic carbocycles. The van der Waals surface area contributed by atoms with Crippen molar-refractivity contribution in [1.29, 1.82) is 0 Å². The van der Waals surface area contributed by atoms with Crippen LogP contribution in [0.3, 0.4) is 0 Å². The van der Waals surface area contributed by atoms with Crippen LogP contribution in [0.4, 0.5) is 0 Å². The van der Waals surface area contributed by atoms with Crippen molar-refractivity contribution in [3.05, 3.63) is 69.9 Å². The van der Waals surface area contributed by atoms with Crippen LogP contribution in [0.1, 0.15) is 11.3 Å². The minimum atomic E-state index is 0. The van der Waals surface area contributed by atoms with Gasteiger partial charge in [0.1, 0.15) is 11.5 Å². The first-order chi connectivity index (χ1) is 13.1. The number of nitrogens with one attached hydrogen (secondary N) is 1.